The van der Waals surface area contributed by atoms with Crippen molar-refractivity contribution in [3.05, 3.63) is 52.6 Å². The Morgan fingerprint density at radius 2 is 1.77 bits per heavy atom. The number of sulfonamides is 1. The van der Waals surface area contributed by atoms with Gasteiger partial charge in [-0.3, -0.25) is 4.79 Å². The highest BCUT2D eigenvalue weighted by atomic mass is 32.2. The van der Waals surface area contributed by atoms with Crippen molar-refractivity contribution < 1.29 is 27.1 Å². The molecule has 162 valence electrons. The van der Waals surface area contributed by atoms with E-state index < -0.39 is 33.6 Å². The Bertz CT molecular complexity index is 1100. The lowest BCUT2D eigenvalue weighted by molar-refractivity contribution is 0.0588. The Kier molecular flexibility index (Phi) is 5.88. The van der Waals surface area contributed by atoms with E-state index in [1.807, 2.05) is 0 Å². The Morgan fingerprint density at radius 3 is 2.27 bits per heavy atom. The zero-order valence-electron chi connectivity index (χ0n) is 17.6. The van der Waals surface area contributed by atoms with Crippen LogP contribution in [0.4, 0.5) is 4.39 Å². The third kappa shape index (κ3) is 3.67. The van der Waals surface area contributed by atoms with Crippen molar-refractivity contribution in [1.82, 2.24) is 8.87 Å². The van der Waals surface area contributed by atoms with E-state index in [0.717, 1.165) is 12.1 Å². The van der Waals surface area contributed by atoms with Crippen LogP contribution in [0.3, 0.4) is 0 Å². The fourth-order valence-electron chi connectivity index (χ4n) is 3.83. The molecule has 0 unspecified atom stereocenters. The first kappa shape index (κ1) is 22.2. The smallest absolute Gasteiger partial charge is 0.354 e. The number of Topliss-reactive ketones (excluding diaryl/α,β-unsaturated/α-hetero) is 1. The summed E-state index contributed by atoms with van der Waals surface area (Å²) in [5, 5.41) is 0. The first-order chi connectivity index (χ1) is 14.0. The van der Waals surface area contributed by atoms with E-state index in [1.165, 1.54) is 23.5 Å². The van der Waals surface area contributed by atoms with Gasteiger partial charge >= 0.3 is 5.97 Å². The molecule has 30 heavy (non-hydrogen) atoms. The second-order valence-electron chi connectivity index (χ2n) is 7.54. The van der Waals surface area contributed by atoms with Crippen molar-refractivity contribution in [2.24, 2.45) is 7.05 Å². The van der Waals surface area contributed by atoms with Crippen molar-refractivity contribution in [2.75, 3.05) is 7.11 Å². The summed E-state index contributed by atoms with van der Waals surface area (Å²) in [6.07, 6.45) is 1.30. The number of ketones is 1. The second-order valence-corrected chi connectivity index (χ2v) is 9.39. The number of carbonyl (C=O) groups excluding carboxylic acids is 2. The summed E-state index contributed by atoms with van der Waals surface area (Å²) >= 11 is 0. The number of halogens is 1. The molecule has 1 fully saturated rings. The minimum atomic E-state index is -4.01. The monoisotopic (exact) mass is 436 g/mol. The van der Waals surface area contributed by atoms with Gasteiger partial charge in [-0.2, -0.15) is 4.31 Å². The van der Waals surface area contributed by atoms with Crippen molar-refractivity contribution >= 4 is 21.8 Å². The molecule has 1 saturated carbocycles. The van der Waals surface area contributed by atoms with E-state index in [2.05, 4.69) is 0 Å². The van der Waals surface area contributed by atoms with Gasteiger partial charge in [-0.15, -0.1) is 0 Å². The van der Waals surface area contributed by atoms with Crippen LogP contribution in [0.1, 0.15) is 51.9 Å². The van der Waals surface area contributed by atoms with Crippen LogP contribution in [-0.2, 0) is 21.8 Å². The molecule has 0 amide bonds. The highest BCUT2D eigenvalue weighted by Gasteiger charge is 2.44. The van der Waals surface area contributed by atoms with Gasteiger partial charge in [-0.25, -0.2) is 17.6 Å². The predicted octanol–water partition coefficient (Wildman–Crippen LogP) is 2.99. The molecule has 0 radical (unpaired) electrons. The average Bonchev–Trinajstić information content (AvgIpc) is 3.49. The lowest BCUT2D eigenvalue weighted by Gasteiger charge is -2.27. The van der Waals surface area contributed by atoms with Gasteiger partial charge in [-0.05, 0) is 63.4 Å². The van der Waals surface area contributed by atoms with Gasteiger partial charge in [0, 0.05) is 24.3 Å². The summed E-state index contributed by atoms with van der Waals surface area (Å²) in [6, 6.07) is 3.29. The molecule has 0 spiro atoms. The van der Waals surface area contributed by atoms with Crippen molar-refractivity contribution in [1.29, 1.82) is 0 Å². The van der Waals surface area contributed by atoms with Crippen molar-refractivity contribution in [2.45, 2.75) is 50.6 Å². The normalized spacial score (nSPS) is 15.3. The van der Waals surface area contributed by atoms with Crippen LogP contribution in [0.5, 0.6) is 0 Å². The molecule has 7 nitrogen and oxygen atoms in total. The first-order valence-corrected chi connectivity index (χ1v) is 11.0. The minimum absolute atomic E-state index is 0.0628. The summed E-state index contributed by atoms with van der Waals surface area (Å²) < 4.78 is 47.4. The predicted molar refractivity (Wildman–Crippen MR) is 108 cm³/mol. The molecule has 1 aliphatic carbocycles. The molecule has 0 N–H and O–H groups in total. The SMILES string of the molecule is COC(=O)c1c(C)c(C(=O)[C@H](C)N(C2CC2)S(=O)(=O)c2ccc(F)cc2)c(C)n1C. The largest absolute Gasteiger partial charge is 0.464 e. The highest BCUT2D eigenvalue weighted by Crippen LogP contribution is 2.36. The van der Waals surface area contributed by atoms with Gasteiger partial charge in [0.2, 0.25) is 10.0 Å². The number of benzene rings is 1. The molecule has 2 aromatic rings. The maximum Gasteiger partial charge on any atom is 0.354 e. The molecule has 3 rings (SSSR count). The summed E-state index contributed by atoms with van der Waals surface area (Å²) in [6.45, 7) is 4.90. The van der Waals surface area contributed by atoms with Gasteiger partial charge in [0.15, 0.2) is 5.78 Å². The maximum atomic E-state index is 13.4. The first-order valence-electron chi connectivity index (χ1n) is 9.59. The van der Waals surface area contributed by atoms with E-state index in [4.69, 9.17) is 4.74 Å². The van der Waals surface area contributed by atoms with Gasteiger partial charge in [0.25, 0.3) is 0 Å². The van der Waals surface area contributed by atoms with Crippen LogP contribution in [0, 0.1) is 19.7 Å². The summed E-state index contributed by atoms with van der Waals surface area (Å²) in [4.78, 5) is 25.5. The van der Waals surface area contributed by atoms with Crippen LogP contribution in [0.15, 0.2) is 29.2 Å². The Labute approximate surface area is 175 Å². The topological polar surface area (TPSA) is 85.7 Å². The molecule has 1 aliphatic rings. The fourth-order valence-corrected chi connectivity index (χ4v) is 5.67. The quantitative estimate of drug-likeness (QED) is 0.492. The van der Waals surface area contributed by atoms with Crippen LogP contribution >= 0.6 is 0 Å². The third-order valence-electron chi connectivity index (χ3n) is 5.61. The zero-order chi connectivity index (χ0) is 22.4. The lowest BCUT2D eigenvalue weighted by Crippen LogP contribution is -2.45. The summed E-state index contributed by atoms with van der Waals surface area (Å²) in [7, 11) is -1.09. The van der Waals surface area contributed by atoms with Gasteiger partial charge in [0.05, 0.1) is 18.0 Å². The molecule has 1 aromatic carbocycles. The highest BCUT2D eigenvalue weighted by molar-refractivity contribution is 7.89. The van der Waals surface area contributed by atoms with Crippen LogP contribution < -0.4 is 0 Å². The van der Waals surface area contributed by atoms with Crippen LogP contribution in [0.25, 0.3) is 0 Å². The molecule has 9 heteroatoms. The van der Waals surface area contributed by atoms with E-state index in [-0.39, 0.29) is 16.6 Å². The molecule has 1 heterocycles. The molecule has 0 aliphatic heterocycles. The number of nitrogens with zero attached hydrogens (tertiary/aromatic N) is 2. The molecular formula is C21H25FN2O5S. The number of carbonyl (C=O) groups is 2. The third-order valence-corrected chi connectivity index (χ3v) is 7.65. The molecular weight excluding hydrogens is 411 g/mol. The number of rotatable bonds is 7. The minimum Gasteiger partial charge on any atom is -0.464 e. The molecule has 0 saturated heterocycles. The number of esters is 1. The number of aromatic nitrogens is 1. The summed E-state index contributed by atoms with van der Waals surface area (Å²) in [5.74, 6) is -1.50. The summed E-state index contributed by atoms with van der Waals surface area (Å²) in [5.41, 5.74) is 1.57. The van der Waals surface area contributed by atoms with E-state index >= 15 is 0 Å². The Balaban J connectivity index is 2.04. The maximum absolute atomic E-state index is 13.4. The zero-order valence-corrected chi connectivity index (χ0v) is 18.4. The van der Waals surface area contributed by atoms with Crippen molar-refractivity contribution in [3.63, 3.8) is 0 Å². The number of hydrogen-bond acceptors (Lipinski definition) is 5. The average molecular weight is 437 g/mol. The lowest BCUT2D eigenvalue weighted by atomic mass is 10.0. The Hall–Kier alpha value is -2.52. The number of hydrogen-bond donors (Lipinski definition) is 0. The Morgan fingerprint density at radius 1 is 1.20 bits per heavy atom. The van der Waals surface area contributed by atoms with E-state index in [1.54, 1.807) is 32.4 Å². The van der Waals surface area contributed by atoms with Gasteiger partial charge in [-0.1, -0.05) is 0 Å². The molecule has 1 aromatic heterocycles. The van der Waals surface area contributed by atoms with Crippen LogP contribution in [-0.4, -0.2) is 48.2 Å². The molecule has 1 atom stereocenters. The van der Waals surface area contributed by atoms with Gasteiger partial charge < -0.3 is 9.30 Å². The number of methoxy groups -OCH3 is 1. The van der Waals surface area contributed by atoms with E-state index in [9.17, 15) is 22.4 Å². The standard InChI is InChI=1S/C21H25FN2O5S/c1-12-18(13(2)23(4)19(12)21(26)29-5)20(25)14(3)24(16-8-9-16)30(27,28)17-10-6-15(22)7-11-17/h6-7,10-11,14,16H,8-9H2,1-5H3/t14-/m0/s1. The number of ether oxygens (including phenoxy) is 1. The van der Waals surface area contributed by atoms with E-state index in [0.29, 0.717) is 29.7 Å². The second kappa shape index (κ2) is 7.96. The van der Waals surface area contributed by atoms with Crippen molar-refractivity contribution in [3.8, 4) is 0 Å². The van der Waals surface area contributed by atoms with Crippen LogP contribution in [0.2, 0.25) is 0 Å². The van der Waals surface area contributed by atoms with Gasteiger partial charge in [0.1, 0.15) is 11.5 Å². The fraction of sp³-hybridized carbons (Fsp3) is 0.429. The molecule has 0 bridgehead atoms.